The number of aromatic nitrogens is 1. The minimum atomic E-state index is 0.464. The minimum Gasteiger partial charge on any atom is -0.361 e. The van der Waals surface area contributed by atoms with Gasteiger partial charge in [-0.2, -0.15) is 0 Å². The molecular formula is C18H20N2. The quantitative estimate of drug-likeness (QED) is 0.719. The summed E-state index contributed by atoms with van der Waals surface area (Å²) in [5.41, 5.74) is 3.94. The van der Waals surface area contributed by atoms with E-state index in [1.165, 1.54) is 22.0 Å². The zero-order valence-corrected chi connectivity index (χ0v) is 11.8. The lowest BCUT2D eigenvalue weighted by molar-refractivity contribution is 0.547. The molecule has 102 valence electrons. The van der Waals surface area contributed by atoms with Gasteiger partial charge < -0.3 is 10.3 Å². The Kier molecular flexibility index (Phi) is 3.84. The fourth-order valence-corrected chi connectivity index (χ4v) is 2.63. The number of H-pyrrole nitrogens is 1. The second kappa shape index (κ2) is 5.93. The van der Waals surface area contributed by atoms with Crippen LogP contribution >= 0.6 is 0 Å². The zero-order valence-electron chi connectivity index (χ0n) is 11.8. The molecule has 0 bridgehead atoms. The summed E-state index contributed by atoms with van der Waals surface area (Å²) in [5, 5.41) is 4.93. The van der Waals surface area contributed by atoms with Gasteiger partial charge in [-0.3, -0.25) is 0 Å². The number of nitrogens with one attached hydrogen (secondary N) is 2. The molecule has 0 radical (unpaired) electrons. The summed E-state index contributed by atoms with van der Waals surface area (Å²) in [6, 6.07) is 19.7. The third-order valence-electron chi connectivity index (χ3n) is 3.71. The lowest BCUT2D eigenvalue weighted by Gasteiger charge is -2.14. The van der Waals surface area contributed by atoms with E-state index in [1.54, 1.807) is 0 Å². The van der Waals surface area contributed by atoms with Crippen molar-refractivity contribution in [3.63, 3.8) is 0 Å². The van der Waals surface area contributed by atoms with E-state index in [1.807, 2.05) is 6.20 Å². The Balaban J connectivity index is 1.63. The minimum absolute atomic E-state index is 0.464. The van der Waals surface area contributed by atoms with E-state index in [9.17, 15) is 0 Å². The van der Waals surface area contributed by atoms with Crippen molar-refractivity contribution in [2.45, 2.75) is 25.9 Å². The fraction of sp³-hybridized carbons (Fsp3) is 0.222. The number of hydrogen-bond donors (Lipinski definition) is 2. The highest BCUT2D eigenvalue weighted by Gasteiger charge is 2.05. The summed E-state index contributed by atoms with van der Waals surface area (Å²) >= 11 is 0. The van der Waals surface area contributed by atoms with Crippen LogP contribution in [0.2, 0.25) is 0 Å². The Bertz CT molecular complexity index is 670. The highest BCUT2D eigenvalue weighted by molar-refractivity contribution is 5.82. The predicted octanol–water partition coefficient (Wildman–Crippen LogP) is 3.89. The highest BCUT2D eigenvalue weighted by Crippen LogP contribution is 2.17. The number of fused-ring (bicyclic) bond motifs is 1. The molecule has 2 N–H and O–H groups in total. The molecule has 2 heteroatoms. The van der Waals surface area contributed by atoms with Crippen molar-refractivity contribution in [3.8, 4) is 0 Å². The highest BCUT2D eigenvalue weighted by atomic mass is 14.9. The van der Waals surface area contributed by atoms with Crippen LogP contribution in [-0.4, -0.2) is 11.0 Å². The molecule has 3 aromatic rings. The second-order valence-corrected chi connectivity index (χ2v) is 5.33. The Labute approximate surface area is 119 Å². The molecule has 0 aliphatic carbocycles. The standard InChI is InChI=1S/C18H20N2/c1-14(12-15-6-3-2-4-7-15)20-13-16-8-5-9-18-17(16)10-11-19-18/h2-11,14,19-20H,12-13H2,1H3. The van der Waals surface area contributed by atoms with Gasteiger partial charge in [0.2, 0.25) is 0 Å². The number of aromatic amines is 1. The van der Waals surface area contributed by atoms with E-state index in [2.05, 4.69) is 71.8 Å². The largest absolute Gasteiger partial charge is 0.361 e. The van der Waals surface area contributed by atoms with Crippen molar-refractivity contribution < 1.29 is 0 Å². The smallest absolute Gasteiger partial charge is 0.0457 e. The van der Waals surface area contributed by atoms with Gasteiger partial charge in [-0.15, -0.1) is 0 Å². The van der Waals surface area contributed by atoms with E-state index < -0.39 is 0 Å². The first kappa shape index (κ1) is 12.9. The van der Waals surface area contributed by atoms with Gasteiger partial charge in [-0.05, 0) is 36.6 Å². The van der Waals surface area contributed by atoms with Crippen LogP contribution in [0.15, 0.2) is 60.8 Å². The molecule has 0 aliphatic rings. The fourth-order valence-electron chi connectivity index (χ4n) is 2.63. The lowest BCUT2D eigenvalue weighted by Crippen LogP contribution is -2.27. The maximum Gasteiger partial charge on any atom is 0.0457 e. The Hall–Kier alpha value is -2.06. The topological polar surface area (TPSA) is 27.8 Å². The first-order valence-corrected chi connectivity index (χ1v) is 7.15. The van der Waals surface area contributed by atoms with Gasteiger partial charge in [0.15, 0.2) is 0 Å². The van der Waals surface area contributed by atoms with Crippen LogP contribution < -0.4 is 5.32 Å². The molecule has 1 atom stereocenters. The molecule has 0 saturated heterocycles. The molecule has 1 unspecified atom stereocenters. The molecule has 2 aromatic carbocycles. The van der Waals surface area contributed by atoms with Crippen LogP contribution in [0, 0.1) is 0 Å². The summed E-state index contributed by atoms with van der Waals surface area (Å²) in [7, 11) is 0. The molecule has 0 spiro atoms. The van der Waals surface area contributed by atoms with E-state index in [0.717, 1.165) is 13.0 Å². The molecule has 2 nitrogen and oxygen atoms in total. The van der Waals surface area contributed by atoms with E-state index in [-0.39, 0.29) is 0 Å². The average molecular weight is 264 g/mol. The first-order valence-electron chi connectivity index (χ1n) is 7.15. The maximum atomic E-state index is 3.62. The van der Waals surface area contributed by atoms with Gasteiger partial charge >= 0.3 is 0 Å². The van der Waals surface area contributed by atoms with Crippen LogP contribution in [0.4, 0.5) is 0 Å². The Morgan fingerprint density at radius 3 is 2.70 bits per heavy atom. The van der Waals surface area contributed by atoms with Gasteiger partial charge in [0.1, 0.15) is 0 Å². The van der Waals surface area contributed by atoms with Crippen molar-refractivity contribution in [2.75, 3.05) is 0 Å². The molecule has 0 saturated carbocycles. The third-order valence-corrected chi connectivity index (χ3v) is 3.71. The first-order chi connectivity index (χ1) is 9.83. The van der Waals surface area contributed by atoms with Gasteiger partial charge in [0.05, 0.1) is 0 Å². The van der Waals surface area contributed by atoms with Gasteiger partial charge in [-0.1, -0.05) is 42.5 Å². The van der Waals surface area contributed by atoms with Crippen LogP contribution in [0.25, 0.3) is 10.9 Å². The zero-order chi connectivity index (χ0) is 13.8. The third kappa shape index (κ3) is 2.91. The van der Waals surface area contributed by atoms with E-state index in [0.29, 0.717) is 6.04 Å². The van der Waals surface area contributed by atoms with Gasteiger partial charge in [-0.25, -0.2) is 0 Å². The summed E-state index contributed by atoms with van der Waals surface area (Å²) in [6.45, 7) is 3.15. The molecule has 1 aromatic heterocycles. The summed E-state index contributed by atoms with van der Waals surface area (Å²) in [6.07, 6.45) is 3.06. The summed E-state index contributed by atoms with van der Waals surface area (Å²) in [4.78, 5) is 3.26. The van der Waals surface area contributed by atoms with Crippen molar-refractivity contribution in [1.82, 2.24) is 10.3 Å². The maximum absolute atomic E-state index is 3.62. The van der Waals surface area contributed by atoms with Crippen molar-refractivity contribution in [2.24, 2.45) is 0 Å². The van der Waals surface area contributed by atoms with E-state index in [4.69, 9.17) is 0 Å². The molecule has 0 aliphatic heterocycles. The Morgan fingerprint density at radius 2 is 1.85 bits per heavy atom. The van der Waals surface area contributed by atoms with Gasteiger partial charge in [0.25, 0.3) is 0 Å². The van der Waals surface area contributed by atoms with Crippen molar-refractivity contribution in [3.05, 3.63) is 71.9 Å². The number of hydrogen-bond acceptors (Lipinski definition) is 1. The lowest BCUT2D eigenvalue weighted by atomic mass is 10.1. The Morgan fingerprint density at radius 1 is 1.00 bits per heavy atom. The van der Waals surface area contributed by atoms with Crippen molar-refractivity contribution >= 4 is 10.9 Å². The molecule has 20 heavy (non-hydrogen) atoms. The van der Waals surface area contributed by atoms with Crippen molar-refractivity contribution in [1.29, 1.82) is 0 Å². The molecule has 0 fully saturated rings. The second-order valence-electron chi connectivity index (χ2n) is 5.33. The number of rotatable bonds is 5. The normalized spacial score (nSPS) is 12.7. The number of benzene rings is 2. The molecular weight excluding hydrogens is 244 g/mol. The SMILES string of the molecule is CC(Cc1ccccc1)NCc1cccc2[nH]ccc12. The molecule has 1 heterocycles. The average Bonchev–Trinajstić information content (AvgIpc) is 2.95. The monoisotopic (exact) mass is 264 g/mol. The predicted molar refractivity (Wildman–Crippen MR) is 84.7 cm³/mol. The van der Waals surface area contributed by atoms with E-state index >= 15 is 0 Å². The van der Waals surface area contributed by atoms with Crippen LogP contribution in [-0.2, 0) is 13.0 Å². The van der Waals surface area contributed by atoms with Crippen LogP contribution in [0.5, 0.6) is 0 Å². The molecule has 3 rings (SSSR count). The summed E-state index contributed by atoms with van der Waals surface area (Å²) < 4.78 is 0. The summed E-state index contributed by atoms with van der Waals surface area (Å²) in [5.74, 6) is 0. The molecule has 0 amide bonds. The van der Waals surface area contributed by atoms with Crippen LogP contribution in [0.1, 0.15) is 18.1 Å². The van der Waals surface area contributed by atoms with Crippen LogP contribution in [0.3, 0.4) is 0 Å². The van der Waals surface area contributed by atoms with Gasteiger partial charge in [0, 0.05) is 29.7 Å².